The van der Waals surface area contributed by atoms with Crippen molar-refractivity contribution in [1.29, 1.82) is 0 Å². The van der Waals surface area contributed by atoms with Crippen LogP contribution >= 0.6 is 0 Å². The van der Waals surface area contributed by atoms with E-state index >= 15 is 0 Å². The van der Waals surface area contributed by atoms with Crippen LogP contribution in [0.1, 0.15) is 31.9 Å². The molecular weight excluding hydrogens is 258 g/mol. The van der Waals surface area contributed by atoms with Crippen LogP contribution in [0.25, 0.3) is 11.1 Å². The highest BCUT2D eigenvalue weighted by molar-refractivity contribution is 5.68. The summed E-state index contributed by atoms with van der Waals surface area (Å²) in [6.45, 7) is 10.1. The third-order valence-corrected chi connectivity index (χ3v) is 3.46. The molecule has 0 spiro atoms. The second-order valence-corrected chi connectivity index (χ2v) is 5.65. The molecule has 0 aliphatic carbocycles. The van der Waals surface area contributed by atoms with Crippen molar-refractivity contribution in [3.63, 3.8) is 0 Å². The van der Waals surface area contributed by atoms with E-state index in [2.05, 4.69) is 56.4 Å². The zero-order chi connectivity index (χ0) is 15.2. The average molecular weight is 283 g/mol. The maximum Gasteiger partial charge on any atom is 0.119 e. The van der Waals surface area contributed by atoms with Gasteiger partial charge in [0.2, 0.25) is 0 Å². The summed E-state index contributed by atoms with van der Waals surface area (Å²) in [5, 5.41) is 3.45. The average Bonchev–Trinajstić information content (AvgIpc) is 2.46. The van der Waals surface area contributed by atoms with Crippen molar-refractivity contribution in [2.75, 3.05) is 6.61 Å². The first-order chi connectivity index (χ1) is 10.1. The summed E-state index contributed by atoms with van der Waals surface area (Å²) in [6.07, 6.45) is 0. The first-order valence-electron chi connectivity index (χ1n) is 7.66. The molecule has 2 aromatic carbocycles. The van der Waals surface area contributed by atoms with E-state index in [0.717, 1.165) is 12.3 Å². The molecule has 0 saturated heterocycles. The maximum atomic E-state index is 5.59. The van der Waals surface area contributed by atoms with Crippen LogP contribution in [0.15, 0.2) is 42.5 Å². The molecule has 0 fully saturated rings. The van der Waals surface area contributed by atoms with Crippen molar-refractivity contribution in [2.45, 2.75) is 40.3 Å². The molecule has 0 aliphatic heterocycles. The summed E-state index contributed by atoms with van der Waals surface area (Å²) in [7, 11) is 0. The van der Waals surface area contributed by atoms with Crippen LogP contribution in [0.5, 0.6) is 5.75 Å². The molecule has 112 valence electrons. The van der Waals surface area contributed by atoms with Crippen molar-refractivity contribution in [3.05, 3.63) is 53.6 Å². The molecule has 0 aliphatic rings. The van der Waals surface area contributed by atoms with Crippen LogP contribution in [0, 0.1) is 6.92 Å². The molecule has 2 aromatic rings. The molecule has 0 amide bonds. The fourth-order valence-electron chi connectivity index (χ4n) is 2.40. The largest absolute Gasteiger partial charge is 0.494 e. The van der Waals surface area contributed by atoms with E-state index in [1.807, 2.05) is 19.1 Å². The van der Waals surface area contributed by atoms with Crippen molar-refractivity contribution in [2.24, 2.45) is 0 Å². The van der Waals surface area contributed by atoms with Gasteiger partial charge in [0.15, 0.2) is 0 Å². The van der Waals surface area contributed by atoms with Crippen molar-refractivity contribution < 1.29 is 4.74 Å². The van der Waals surface area contributed by atoms with Gasteiger partial charge in [0.1, 0.15) is 5.75 Å². The Bertz CT molecular complexity index is 590. The number of aryl methyl sites for hydroxylation is 1. The van der Waals surface area contributed by atoms with Crippen molar-refractivity contribution in [1.82, 2.24) is 5.32 Å². The number of benzene rings is 2. The summed E-state index contributed by atoms with van der Waals surface area (Å²) in [4.78, 5) is 0. The number of nitrogens with one attached hydrogen (secondary N) is 1. The fourth-order valence-corrected chi connectivity index (χ4v) is 2.40. The van der Waals surface area contributed by atoms with Gasteiger partial charge in [-0.3, -0.25) is 0 Å². The fraction of sp³-hybridized carbons (Fsp3) is 0.368. The van der Waals surface area contributed by atoms with Gasteiger partial charge in [0, 0.05) is 12.6 Å². The second-order valence-electron chi connectivity index (χ2n) is 5.65. The van der Waals surface area contributed by atoms with E-state index in [4.69, 9.17) is 4.74 Å². The summed E-state index contributed by atoms with van der Waals surface area (Å²) in [5.74, 6) is 0.931. The Morgan fingerprint density at radius 2 is 1.90 bits per heavy atom. The molecule has 0 unspecified atom stereocenters. The standard InChI is InChI=1S/C19H25NO/c1-5-21-18-8-6-7-17(12-18)19-10-9-16(11-15(19)4)13-20-14(2)3/h6-12,14,20H,5,13H2,1-4H3. The van der Waals surface area contributed by atoms with Crippen LogP contribution in [0.2, 0.25) is 0 Å². The zero-order valence-electron chi connectivity index (χ0n) is 13.4. The lowest BCUT2D eigenvalue weighted by Crippen LogP contribution is -2.21. The molecule has 2 heteroatoms. The van der Waals surface area contributed by atoms with E-state index in [1.165, 1.54) is 22.3 Å². The van der Waals surface area contributed by atoms with Gasteiger partial charge in [-0.15, -0.1) is 0 Å². The molecule has 2 rings (SSSR count). The highest BCUT2D eigenvalue weighted by Gasteiger charge is 2.05. The first kappa shape index (κ1) is 15.6. The van der Waals surface area contributed by atoms with Gasteiger partial charge in [-0.1, -0.05) is 44.2 Å². The molecule has 0 heterocycles. The van der Waals surface area contributed by atoms with Gasteiger partial charge in [0.05, 0.1) is 6.61 Å². The summed E-state index contributed by atoms with van der Waals surface area (Å²) in [6, 6.07) is 15.5. The smallest absolute Gasteiger partial charge is 0.119 e. The van der Waals surface area contributed by atoms with Crippen molar-refractivity contribution >= 4 is 0 Å². The van der Waals surface area contributed by atoms with E-state index in [9.17, 15) is 0 Å². The minimum atomic E-state index is 0.507. The first-order valence-corrected chi connectivity index (χ1v) is 7.66. The maximum absolute atomic E-state index is 5.59. The minimum absolute atomic E-state index is 0.507. The predicted octanol–water partition coefficient (Wildman–Crippen LogP) is 4.56. The monoisotopic (exact) mass is 283 g/mol. The van der Waals surface area contributed by atoms with Crippen LogP contribution < -0.4 is 10.1 Å². The Balaban J connectivity index is 2.22. The number of ether oxygens (including phenoxy) is 1. The summed E-state index contributed by atoms with van der Waals surface area (Å²) in [5.41, 5.74) is 5.10. The number of hydrogen-bond donors (Lipinski definition) is 1. The lowest BCUT2D eigenvalue weighted by molar-refractivity contribution is 0.340. The third-order valence-electron chi connectivity index (χ3n) is 3.46. The van der Waals surface area contributed by atoms with Crippen LogP contribution in [0.3, 0.4) is 0 Å². The minimum Gasteiger partial charge on any atom is -0.494 e. The quantitative estimate of drug-likeness (QED) is 0.839. The topological polar surface area (TPSA) is 21.3 Å². The van der Waals surface area contributed by atoms with Crippen LogP contribution in [-0.4, -0.2) is 12.6 Å². The Hall–Kier alpha value is -1.80. The Morgan fingerprint density at radius 3 is 2.57 bits per heavy atom. The molecule has 0 saturated carbocycles. The van der Waals surface area contributed by atoms with Crippen molar-refractivity contribution in [3.8, 4) is 16.9 Å². The number of hydrogen-bond acceptors (Lipinski definition) is 2. The molecule has 21 heavy (non-hydrogen) atoms. The van der Waals surface area contributed by atoms with E-state index in [0.29, 0.717) is 12.6 Å². The molecule has 1 N–H and O–H groups in total. The highest BCUT2D eigenvalue weighted by Crippen LogP contribution is 2.27. The van der Waals surface area contributed by atoms with Crippen LogP contribution in [0.4, 0.5) is 0 Å². The van der Waals surface area contributed by atoms with Gasteiger partial charge in [0.25, 0.3) is 0 Å². The third kappa shape index (κ3) is 4.33. The molecular formula is C19H25NO. The van der Waals surface area contributed by atoms with Gasteiger partial charge >= 0.3 is 0 Å². The van der Waals surface area contributed by atoms with E-state index in [1.54, 1.807) is 0 Å². The molecule has 0 aromatic heterocycles. The Morgan fingerprint density at radius 1 is 1.10 bits per heavy atom. The van der Waals surface area contributed by atoms with Gasteiger partial charge in [-0.2, -0.15) is 0 Å². The van der Waals surface area contributed by atoms with Gasteiger partial charge < -0.3 is 10.1 Å². The molecule has 0 radical (unpaired) electrons. The predicted molar refractivity (Wildman–Crippen MR) is 89.8 cm³/mol. The molecule has 0 bridgehead atoms. The summed E-state index contributed by atoms with van der Waals surface area (Å²) < 4.78 is 5.59. The lowest BCUT2D eigenvalue weighted by Gasteiger charge is -2.12. The Labute approximate surface area is 128 Å². The van der Waals surface area contributed by atoms with E-state index < -0.39 is 0 Å². The van der Waals surface area contributed by atoms with Gasteiger partial charge in [-0.05, 0) is 48.2 Å². The van der Waals surface area contributed by atoms with E-state index in [-0.39, 0.29) is 0 Å². The molecule has 2 nitrogen and oxygen atoms in total. The highest BCUT2D eigenvalue weighted by atomic mass is 16.5. The summed E-state index contributed by atoms with van der Waals surface area (Å²) >= 11 is 0. The zero-order valence-corrected chi connectivity index (χ0v) is 13.4. The second kappa shape index (κ2) is 7.28. The van der Waals surface area contributed by atoms with Gasteiger partial charge in [-0.25, -0.2) is 0 Å². The normalized spacial score (nSPS) is 10.9. The van der Waals surface area contributed by atoms with Crippen LogP contribution in [-0.2, 0) is 6.54 Å². The Kier molecular flexibility index (Phi) is 5.40. The number of rotatable bonds is 6. The molecule has 0 atom stereocenters. The SMILES string of the molecule is CCOc1cccc(-c2ccc(CNC(C)C)cc2C)c1. The lowest BCUT2D eigenvalue weighted by atomic mass is 9.98.